The van der Waals surface area contributed by atoms with Crippen LogP contribution < -0.4 is 4.90 Å². The quantitative estimate of drug-likeness (QED) is 0.305. The molecule has 1 unspecified atom stereocenters. The van der Waals surface area contributed by atoms with Crippen molar-refractivity contribution in [3.8, 4) is 0 Å². The monoisotopic (exact) mass is 541 g/mol. The maximum atomic E-state index is 15.6. The summed E-state index contributed by atoms with van der Waals surface area (Å²) in [6, 6.07) is 2.20. The van der Waals surface area contributed by atoms with Gasteiger partial charge in [-0.15, -0.1) is 11.6 Å². The molecule has 0 aliphatic carbocycles. The largest absolute Gasteiger partial charge is 0.463 e. The van der Waals surface area contributed by atoms with Gasteiger partial charge in [0.2, 0.25) is 11.7 Å². The molecule has 2 aliphatic rings. The SMILES string of the molecule is COC(=O)c1oc2ccc(C(F)(F)F)cc2c1N(CC(F)(F)C1CC2(CCO1)OCCO2)C(=O)CCl. The lowest BCUT2D eigenvalue weighted by Crippen LogP contribution is -2.54. The van der Waals surface area contributed by atoms with Crippen LogP contribution >= 0.6 is 11.6 Å². The highest BCUT2D eigenvalue weighted by atomic mass is 35.5. The fourth-order valence-corrected chi connectivity index (χ4v) is 4.41. The summed E-state index contributed by atoms with van der Waals surface area (Å²) in [5.74, 6) is -8.86. The molecule has 4 rings (SSSR count). The first kappa shape index (κ1) is 26.6. The van der Waals surface area contributed by atoms with Crippen molar-refractivity contribution < 1.29 is 54.9 Å². The first-order valence-electron chi connectivity index (χ1n) is 10.8. The molecule has 36 heavy (non-hydrogen) atoms. The number of esters is 1. The predicted octanol–water partition coefficient (Wildman–Crippen LogP) is 4.37. The highest BCUT2D eigenvalue weighted by Gasteiger charge is 2.52. The van der Waals surface area contributed by atoms with E-state index in [0.29, 0.717) is 17.0 Å². The normalized spacial score (nSPS) is 20.1. The van der Waals surface area contributed by atoms with Crippen molar-refractivity contribution in [3.05, 3.63) is 29.5 Å². The number of fused-ring (bicyclic) bond motifs is 1. The maximum Gasteiger partial charge on any atom is 0.416 e. The molecular weight excluding hydrogens is 521 g/mol. The van der Waals surface area contributed by atoms with Crippen molar-refractivity contribution in [2.75, 3.05) is 44.3 Å². The van der Waals surface area contributed by atoms with Crippen LogP contribution in [-0.2, 0) is 29.9 Å². The second-order valence-electron chi connectivity index (χ2n) is 8.28. The van der Waals surface area contributed by atoms with Gasteiger partial charge in [-0.1, -0.05) is 0 Å². The van der Waals surface area contributed by atoms with Gasteiger partial charge in [0.05, 0.1) is 39.0 Å². The number of alkyl halides is 6. The van der Waals surface area contributed by atoms with Crippen molar-refractivity contribution in [2.24, 2.45) is 0 Å². The minimum atomic E-state index is -4.80. The number of carbonyl (C=O) groups is 2. The Kier molecular flexibility index (Phi) is 7.21. The summed E-state index contributed by atoms with van der Waals surface area (Å²) in [4.78, 5) is 25.6. The van der Waals surface area contributed by atoms with Gasteiger partial charge in [-0.2, -0.15) is 13.2 Å². The zero-order valence-electron chi connectivity index (χ0n) is 18.8. The standard InChI is InChI=1S/C22H21ClF5NO7/c1-32-19(31)18-17(13-8-12(22(26,27)28)2-3-14(13)36-18)29(16(30)10-23)11-21(24,25)15-9-20(4-5-33-15)34-6-7-35-20/h2-3,8,15H,4-7,9-11H2,1H3. The van der Waals surface area contributed by atoms with Gasteiger partial charge >= 0.3 is 12.1 Å². The second kappa shape index (κ2) is 9.77. The van der Waals surface area contributed by atoms with E-state index in [1.165, 1.54) is 0 Å². The number of amides is 1. The van der Waals surface area contributed by atoms with Gasteiger partial charge in [-0.05, 0) is 18.2 Å². The number of anilines is 1. The molecule has 2 aliphatic heterocycles. The molecule has 3 heterocycles. The Labute approximate surface area is 206 Å². The van der Waals surface area contributed by atoms with Crippen LogP contribution in [0.1, 0.15) is 29.0 Å². The van der Waals surface area contributed by atoms with Gasteiger partial charge in [0.1, 0.15) is 23.3 Å². The maximum absolute atomic E-state index is 15.6. The van der Waals surface area contributed by atoms with E-state index >= 15 is 8.78 Å². The van der Waals surface area contributed by atoms with Crippen LogP contribution in [-0.4, -0.2) is 69.0 Å². The summed E-state index contributed by atoms with van der Waals surface area (Å²) in [6.07, 6.45) is -6.69. The van der Waals surface area contributed by atoms with E-state index < -0.39 is 70.7 Å². The van der Waals surface area contributed by atoms with Crippen LogP contribution in [0.25, 0.3) is 11.0 Å². The van der Waals surface area contributed by atoms with E-state index in [9.17, 15) is 22.8 Å². The van der Waals surface area contributed by atoms with E-state index in [1.807, 2.05) is 0 Å². The summed E-state index contributed by atoms with van der Waals surface area (Å²) in [6.45, 7) is -1.05. The van der Waals surface area contributed by atoms with Crippen LogP contribution in [0.2, 0.25) is 0 Å². The number of methoxy groups -OCH3 is 1. The molecule has 0 radical (unpaired) electrons. The number of hydrogen-bond acceptors (Lipinski definition) is 7. The van der Waals surface area contributed by atoms with E-state index in [4.69, 9.17) is 30.2 Å². The zero-order chi connectivity index (χ0) is 26.3. The van der Waals surface area contributed by atoms with Gasteiger partial charge in [-0.25, -0.2) is 13.6 Å². The van der Waals surface area contributed by atoms with Crippen LogP contribution in [0, 0.1) is 0 Å². The fraction of sp³-hybridized carbons (Fsp3) is 0.545. The Morgan fingerprint density at radius 1 is 1.17 bits per heavy atom. The molecule has 1 aromatic carbocycles. The summed E-state index contributed by atoms with van der Waals surface area (Å²) >= 11 is 5.66. The molecule has 2 aromatic rings. The molecule has 198 valence electrons. The van der Waals surface area contributed by atoms with E-state index in [-0.39, 0.29) is 38.2 Å². The van der Waals surface area contributed by atoms with E-state index in [2.05, 4.69) is 4.74 Å². The van der Waals surface area contributed by atoms with Crippen LogP contribution in [0.3, 0.4) is 0 Å². The molecule has 8 nitrogen and oxygen atoms in total. The lowest BCUT2D eigenvalue weighted by atomic mass is 9.97. The first-order valence-corrected chi connectivity index (χ1v) is 11.3. The summed E-state index contributed by atoms with van der Waals surface area (Å²) in [5, 5.41) is -0.400. The third-order valence-electron chi connectivity index (χ3n) is 6.00. The Morgan fingerprint density at radius 2 is 1.86 bits per heavy atom. The average molecular weight is 542 g/mol. The van der Waals surface area contributed by atoms with Crippen molar-refractivity contribution in [1.82, 2.24) is 0 Å². The Bertz CT molecular complexity index is 1150. The summed E-state index contributed by atoms with van der Waals surface area (Å²) < 4.78 is 97.5. The molecule has 0 N–H and O–H groups in total. The summed E-state index contributed by atoms with van der Waals surface area (Å²) in [5.41, 5.74) is -2.02. The number of halogens is 6. The van der Waals surface area contributed by atoms with Gasteiger partial charge in [0.15, 0.2) is 5.79 Å². The third kappa shape index (κ3) is 5.01. The molecule has 14 heteroatoms. The van der Waals surface area contributed by atoms with E-state index in [1.54, 1.807) is 0 Å². The Hall–Kier alpha value is -2.48. The fourth-order valence-electron chi connectivity index (χ4n) is 4.27. The highest BCUT2D eigenvalue weighted by molar-refractivity contribution is 6.30. The number of nitrogens with zero attached hydrogens (tertiary/aromatic N) is 1. The van der Waals surface area contributed by atoms with Gasteiger partial charge in [0, 0.05) is 18.2 Å². The minimum absolute atomic E-state index is 0.110. The molecule has 0 saturated carbocycles. The number of carbonyl (C=O) groups excluding carboxylic acids is 2. The zero-order valence-corrected chi connectivity index (χ0v) is 19.6. The molecule has 2 fully saturated rings. The van der Waals surface area contributed by atoms with Gasteiger partial charge in [0.25, 0.3) is 5.92 Å². The number of rotatable bonds is 6. The molecular formula is C22H21ClF5NO7. The third-order valence-corrected chi connectivity index (χ3v) is 6.23. The van der Waals surface area contributed by atoms with Gasteiger partial charge < -0.3 is 28.3 Å². The van der Waals surface area contributed by atoms with Crippen molar-refractivity contribution >= 4 is 40.1 Å². The second-order valence-corrected chi connectivity index (χ2v) is 8.54. The Morgan fingerprint density at radius 3 is 2.47 bits per heavy atom. The number of furan rings is 1. The predicted molar refractivity (Wildman–Crippen MR) is 114 cm³/mol. The topological polar surface area (TPSA) is 87.4 Å². The summed E-state index contributed by atoms with van der Waals surface area (Å²) in [7, 11) is 0.958. The molecule has 0 bridgehead atoms. The molecule has 2 saturated heterocycles. The first-order chi connectivity index (χ1) is 16.9. The number of ether oxygens (including phenoxy) is 4. The van der Waals surface area contributed by atoms with Crippen molar-refractivity contribution in [3.63, 3.8) is 0 Å². The van der Waals surface area contributed by atoms with E-state index in [0.717, 1.165) is 13.2 Å². The molecule has 1 aromatic heterocycles. The molecule has 1 atom stereocenters. The minimum Gasteiger partial charge on any atom is -0.463 e. The highest BCUT2D eigenvalue weighted by Crippen LogP contribution is 2.42. The van der Waals surface area contributed by atoms with Crippen LogP contribution in [0.4, 0.5) is 27.6 Å². The lowest BCUT2D eigenvalue weighted by molar-refractivity contribution is -0.255. The van der Waals surface area contributed by atoms with Crippen LogP contribution in [0.15, 0.2) is 22.6 Å². The number of benzene rings is 1. The van der Waals surface area contributed by atoms with Crippen molar-refractivity contribution in [2.45, 2.75) is 36.8 Å². The molecule has 1 spiro atoms. The lowest BCUT2D eigenvalue weighted by Gasteiger charge is -2.40. The van der Waals surface area contributed by atoms with Crippen LogP contribution in [0.5, 0.6) is 0 Å². The number of hydrogen-bond donors (Lipinski definition) is 0. The average Bonchev–Trinajstić information content (AvgIpc) is 3.45. The molecule has 1 amide bonds. The smallest absolute Gasteiger partial charge is 0.416 e. The van der Waals surface area contributed by atoms with Gasteiger partial charge in [-0.3, -0.25) is 4.79 Å². The van der Waals surface area contributed by atoms with Crippen molar-refractivity contribution in [1.29, 1.82) is 0 Å². The Balaban J connectivity index is 1.78.